The van der Waals surface area contributed by atoms with Crippen LogP contribution in [0.2, 0.25) is 0 Å². The number of hydrogen-bond acceptors (Lipinski definition) is 4. The smallest absolute Gasteiger partial charge is 0.341 e. The van der Waals surface area contributed by atoms with Gasteiger partial charge in [0.15, 0.2) is 0 Å². The van der Waals surface area contributed by atoms with Gasteiger partial charge in [-0.15, -0.1) is 0 Å². The molecule has 0 aliphatic carbocycles. The molecule has 1 unspecified atom stereocenters. The maximum atomic E-state index is 13.1. The van der Waals surface area contributed by atoms with E-state index in [2.05, 4.69) is 10.2 Å². The molecule has 0 N–H and O–H groups in total. The Balaban J connectivity index is 1.46. The summed E-state index contributed by atoms with van der Waals surface area (Å²) >= 11 is 0. The molecule has 146 valence electrons. The maximum absolute atomic E-state index is 13.1. The highest BCUT2D eigenvalue weighted by atomic mass is 16.2. The van der Waals surface area contributed by atoms with Crippen LogP contribution in [0.1, 0.15) is 43.1 Å². The van der Waals surface area contributed by atoms with E-state index >= 15 is 0 Å². The van der Waals surface area contributed by atoms with Crippen LogP contribution >= 0.6 is 0 Å². The SMILES string of the molecule is Cn1ncc2cc(Cn3nc4n(c3=O)C(C(=O)N3CCCC3)CCC4)ccc21. The fourth-order valence-electron chi connectivity index (χ4n) is 4.50. The van der Waals surface area contributed by atoms with Gasteiger partial charge in [-0.2, -0.15) is 10.2 Å². The van der Waals surface area contributed by atoms with E-state index in [-0.39, 0.29) is 11.6 Å². The number of fused-ring (bicyclic) bond motifs is 2. The van der Waals surface area contributed by atoms with Crippen LogP contribution in [-0.2, 0) is 24.8 Å². The number of likely N-dealkylation sites (tertiary alicyclic amines) is 1. The van der Waals surface area contributed by atoms with Crippen molar-refractivity contribution in [2.24, 2.45) is 7.05 Å². The van der Waals surface area contributed by atoms with Crippen molar-refractivity contribution < 1.29 is 4.79 Å². The molecule has 0 spiro atoms. The lowest BCUT2D eigenvalue weighted by molar-refractivity contribution is -0.134. The zero-order valence-electron chi connectivity index (χ0n) is 16.0. The number of aromatic nitrogens is 5. The van der Waals surface area contributed by atoms with Crippen molar-refractivity contribution in [3.63, 3.8) is 0 Å². The van der Waals surface area contributed by atoms with Gasteiger partial charge < -0.3 is 4.90 Å². The molecule has 28 heavy (non-hydrogen) atoms. The molecule has 1 amide bonds. The summed E-state index contributed by atoms with van der Waals surface area (Å²) in [6.07, 6.45) is 6.28. The fraction of sp³-hybridized carbons (Fsp3) is 0.500. The van der Waals surface area contributed by atoms with Crippen LogP contribution in [0.15, 0.2) is 29.2 Å². The van der Waals surface area contributed by atoms with Gasteiger partial charge in [0.1, 0.15) is 11.9 Å². The van der Waals surface area contributed by atoms with Crippen molar-refractivity contribution in [2.45, 2.75) is 44.7 Å². The maximum Gasteiger partial charge on any atom is 0.346 e. The Morgan fingerprint density at radius 1 is 1.21 bits per heavy atom. The van der Waals surface area contributed by atoms with E-state index in [1.54, 1.807) is 4.57 Å². The molecule has 4 heterocycles. The van der Waals surface area contributed by atoms with E-state index in [9.17, 15) is 9.59 Å². The summed E-state index contributed by atoms with van der Waals surface area (Å²) in [7, 11) is 1.91. The largest absolute Gasteiger partial charge is 0.346 e. The Morgan fingerprint density at radius 2 is 2.04 bits per heavy atom. The highest BCUT2D eigenvalue weighted by Crippen LogP contribution is 2.25. The lowest BCUT2D eigenvalue weighted by Gasteiger charge is -2.27. The first-order valence-electron chi connectivity index (χ1n) is 9.99. The molecule has 1 saturated heterocycles. The third kappa shape index (κ3) is 2.75. The summed E-state index contributed by atoms with van der Waals surface area (Å²) in [4.78, 5) is 27.9. The van der Waals surface area contributed by atoms with E-state index in [4.69, 9.17) is 0 Å². The van der Waals surface area contributed by atoms with E-state index < -0.39 is 6.04 Å². The summed E-state index contributed by atoms with van der Waals surface area (Å²) in [5, 5.41) is 9.87. The van der Waals surface area contributed by atoms with Crippen LogP contribution < -0.4 is 5.69 Å². The Bertz CT molecular complexity index is 1100. The molecule has 5 rings (SSSR count). The number of carbonyl (C=O) groups excluding carboxylic acids is 1. The molecular weight excluding hydrogens is 356 g/mol. The van der Waals surface area contributed by atoms with Crippen molar-refractivity contribution in [1.82, 2.24) is 29.0 Å². The minimum atomic E-state index is -0.399. The van der Waals surface area contributed by atoms with Crippen LogP contribution in [0.4, 0.5) is 0 Å². The quantitative estimate of drug-likeness (QED) is 0.690. The van der Waals surface area contributed by atoms with E-state index in [1.807, 2.05) is 41.0 Å². The monoisotopic (exact) mass is 380 g/mol. The first kappa shape index (κ1) is 17.2. The van der Waals surface area contributed by atoms with Gasteiger partial charge in [0.25, 0.3) is 0 Å². The molecule has 0 radical (unpaired) electrons. The number of hydrogen-bond donors (Lipinski definition) is 0. The topological polar surface area (TPSA) is 78.0 Å². The number of nitrogens with zero attached hydrogens (tertiary/aromatic N) is 6. The van der Waals surface area contributed by atoms with E-state index in [1.165, 1.54) is 4.68 Å². The Hall–Kier alpha value is -2.90. The van der Waals surface area contributed by atoms with Crippen molar-refractivity contribution >= 4 is 16.8 Å². The summed E-state index contributed by atoms with van der Waals surface area (Å²) in [6.45, 7) is 2.01. The van der Waals surface area contributed by atoms with Gasteiger partial charge in [-0.25, -0.2) is 9.48 Å². The molecule has 2 aliphatic rings. The summed E-state index contributed by atoms with van der Waals surface area (Å²) in [5.41, 5.74) is 1.87. The zero-order valence-corrected chi connectivity index (χ0v) is 16.0. The van der Waals surface area contributed by atoms with Crippen LogP contribution in [0.5, 0.6) is 0 Å². The van der Waals surface area contributed by atoms with Crippen molar-refractivity contribution in [2.75, 3.05) is 13.1 Å². The Kier molecular flexibility index (Phi) is 4.07. The summed E-state index contributed by atoms with van der Waals surface area (Å²) in [6, 6.07) is 5.66. The minimum Gasteiger partial charge on any atom is -0.341 e. The molecule has 2 aliphatic heterocycles. The van der Waals surface area contributed by atoms with Gasteiger partial charge in [-0.1, -0.05) is 6.07 Å². The third-order valence-corrected chi connectivity index (χ3v) is 5.98. The number of aryl methyl sites for hydroxylation is 2. The third-order valence-electron chi connectivity index (χ3n) is 5.98. The summed E-state index contributed by atoms with van der Waals surface area (Å²) < 4.78 is 4.98. The normalized spacial score (nSPS) is 19.3. The molecule has 3 aromatic rings. The Labute approximate surface area is 162 Å². The second-order valence-electron chi connectivity index (χ2n) is 7.83. The molecular formula is C20H24N6O2. The van der Waals surface area contributed by atoms with Crippen LogP contribution in [0, 0.1) is 0 Å². The first-order valence-corrected chi connectivity index (χ1v) is 9.99. The van der Waals surface area contributed by atoms with Gasteiger partial charge in [0.2, 0.25) is 5.91 Å². The van der Waals surface area contributed by atoms with Crippen LogP contribution in [-0.4, -0.2) is 48.0 Å². The molecule has 1 atom stereocenters. The highest BCUT2D eigenvalue weighted by Gasteiger charge is 2.34. The predicted molar refractivity (Wildman–Crippen MR) is 104 cm³/mol. The van der Waals surface area contributed by atoms with Crippen LogP contribution in [0.3, 0.4) is 0 Å². The summed E-state index contributed by atoms with van der Waals surface area (Å²) in [5.74, 6) is 0.813. The van der Waals surface area contributed by atoms with Gasteiger partial charge >= 0.3 is 5.69 Å². The van der Waals surface area contributed by atoms with Crippen molar-refractivity contribution in [3.05, 3.63) is 46.3 Å². The highest BCUT2D eigenvalue weighted by molar-refractivity contribution is 5.81. The Morgan fingerprint density at radius 3 is 2.86 bits per heavy atom. The molecule has 8 nitrogen and oxygen atoms in total. The minimum absolute atomic E-state index is 0.0804. The van der Waals surface area contributed by atoms with Crippen LogP contribution in [0.25, 0.3) is 10.9 Å². The predicted octanol–water partition coefficient (Wildman–Crippen LogP) is 1.48. The first-order chi connectivity index (χ1) is 13.6. The number of carbonyl (C=O) groups is 1. The molecule has 8 heteroatoms. The van der Waals surface area contributed by atoms with E-state index in [0.29, 0.717) is 6.54 Å². The molecule has 2 aromatic heterocycles. The molecule has 1 fully saturated rings. The average molecular weight is 380 g/mol. The number of amides is 1. The van der Waals surface area contributed by atoms with E-state index in [0.717, 1.165) is 67.5 Å². The standard InChI is InChI=1S/C20H24N6O2/c1-23-16-8-7-14(11-15(16)12-21-23)13-25-20(28)26-17(5-4-6-18(26)22-25)19(27)24-9-2-3-10-24/h7-8,11-12,17H,2-6,9-10,13H2,1H3. The lowest BCUT2D eigenvalue weighted by atomic mass is 10.0. The number of benzene rings is 1. The second kappa shape index (κ2) is 6.61. The lowest BCUT2D eigenvalue weighted by Crippen LogP contribution is -2.41. The second-order valence-corrected chi connectivity index (χ2v) is 7.83. The van der Waals surface area contributed by atoms with Crippen molar-refractivity contribution in [3.8, 4) is 0 Å². The zero-order chi connectivity index (χ0) is 19.3. The fourth-order valence-corrected chi connectivity index (χ4v) is 4.50. The van der Waals surface area contributed by atoms with Gasteiger partial charge in [0, 0.05) is 31.9 Å². The van der Waals surface area contributed by atoms with Gasteiger partial charge in [-0.3, -0.25) is 14.0 Å². The molecule has 0 bridgehead atoms. The molecule has 1 aromatic carbocycles. The molecule has 0 saturated carbocycles. The van der Waals surface area contributed by atoms with Crippen molar-refractivity contribution in [1.29, 1.82) is 0 Å². The van der Waals surface area contributed by atoms with Gasteiger partial charge in [0.05, 0.1) is 18.3 Å². The number of rotatable bonds is 3. The average Bonchev–Trinajstić information content (AvgIpc) is 3.42. The van der Waals surface area contributed by atoms with Gasteiger partial charge in [-0.05, 0) is 43.4 Å².